The maximum absolute atomic E-state index is 12.3. The van der Waals surface area contributed by atoms with E-state index in [1.165, 1.54) is 19.3 Å². The number of benzene rings is 1. The first-order valence-electron chi connectivity index (χ1n) is 13.1. The summed E-state index contributed by atoms with van der Waals surface area (Å²) in [5.41, 5.74) is 1.04. The predicted molar refractivity (Wildman–Crippen MR) is 133 cm³/mol. The molecular weight excluding hydrogens is 428 g/mol. The van der Waals surface area contributed by atoms with E-state index < -0.39 is 0 Å². The van der Waals surface area contributed by atoms with Gasteiger partial charge in [-0.05, 0) is 75.0 Å². The number of aromatic nitrogens is 2. The van der Waals surface area contributed by atoms with Crippen LogP contribution in [0.3, 0.4) is 0 Å². The van der Waals surface area contributed by atoms with Crippen LogP contribution in [0.4, 0.5) is 6.01 Å². The minimum atomic E-state index is 0.182. The molecule has 2 atom stereocenters. The van der Waals surface area contributed by atoms with Crippen LogP contribution >= 0.6 is 0 Å². The molecule has 1 amide bonds. The first-order valence-corrected chi connectivity index (χ1v) is 13.1. The molecule has 1 saturated carbocycles. The second-order valence-electron chi connectivity index (χ2n) is 10.1. The fourth-order valence-corrected chi connectivity index (χ4v) is 5.18. The number of amides is 1. The van der Waals surface area contributed by atoms with Gasteiger partial charge in [-0.2, -0.15) is 4.98 Å². The largest absolute Gasteiger partial charge is 0.494 e. The zero-order valence-corrected chi connectivity index (χ0v) is 21.2. The Hall–Kier alpha value is -2.57. The van der Waals surface area contributed by atoms with E-state index in [1.54, 1.807) is 0 Å². The highest BCUT2D eigenvalue weighted by atomic mass is 16.5. The molecule has 2 aromatic rings. The van der Waals surface area contributed by atoms with Crippen molar-refractivity contribution in [2.75, 3.05) is 37.7 Å². The van der Waals surface area contributed by atoms with Gasteiger partial charge in [-0.25, -0.2) is 0 Å². The van der Waals surface area contributed by atoms with E-state index >= 15 is 0 Å². The van der Waals surface area contributed by atoms with Crippen LogP contribution in [0.1, 0.15) is 70.7 Å². The highest BCUT2D eigenvalue weighted by Gasteiger charge is 2.43. The quantitative estimate of drug-likeness (QED) is 0.466. The van der Waals surface area contributed by atoms with Crippen molar-refractivity contribution in [1.29, 1.82) is 0 Å². The van der Waals surface area contributed by atoms with E-state index in [-0.39, 0.29) is 5.91 Å². The molecule has 1 aromatic carbocycles. The van der Waals surface area contributed by atoms with Crippen molar-refractivity contribution < 1.29 is 14.1 Å². The maximum Gasteiger partial charge on any atom is 0.324 e. The number of ether oxygens (including phenoxy) is 1. The number of carbonyl (C=O) groups excluding carboxylic acids is 1. The van der Waals surface area contributed by atoms with Crippen LogP contribution in [0.5, 0.6) is 5.75 Å². The molecule has 4 rings (SSSR count). The van der Waals surface area contributed by atoms with Crippen LogP contribution in [0, 0.1) is 17.8 Å². The van der Waals surface area contributed by atoms with Gasteiger partial charge in [-0.3, -0.25) is 4.79 Å². The van der Waals surface area contributed by atoms with Crippen LogP contribution in [0.25, 0.3) is 0 Å². The number of carbonyl (C=O) groups is 1. The predicted octanol–water partition coefficient (Wildman–Crippen LogP) is 4.93. The molecule has 0 radical (unpaired) electrons. The monoisotopic (exact) mass is 468 g/mol. The normalized spacial score (nSPS) is 20.6. The molecule has 0 bridgehead atoms. The van der Waals surface area contributed by atoms with Gasteiger partial charge in [0.25, 0.3) is 0 Å². The molecule has 1 saturated heterocycles. The topological polar surface area (TPSA) is 71.7 Å². The summed E-state index contributed by atoms with van der Waals surface area (Å²) in [6, 6.07) is 8.70. The Morgan fingerprint density at radius 1 is 1.18 bits per heavy atom. The number of hydrogen-bond donors (Lipinski definition) is 0. The molecule has 1 aliphatic heterocycles. The second kappa shape index (κ2) is 11.2. The lowest BCUT2D eigenvalue weighted by Crippen LogP contribution is -2.34. The Kier molecular flexibility index (Phi) is 8.11. The van der Waals surface area contributed by atoms with Gasteiger partial charge in [-0.15, -0.1) is 0 Å². The zero-order valence-electron chi connectivity index (χ0n) is 21.2. The minimum absolute atomic E-state index is 0.182. The third-order valence-corrected chi connectivity index (χ3v) is 7.49. The second-order valence-corrected chi connectivity index (χ2v) is 10.1. The van der Waals surface area contributed by atoms with E-state index in [9.17, 15) is 4.79 Å². The van der Waals surface area contributed by atoms with E-state index in [4.69, 9.17) is 9.26 Å². The summed E-state index contributed by atoms with van der Waals surface area (Å²) in [5.74, 6) is 4.60. The summed E-state index contributed by atoms with van der Waals surface area (Å²) in [6.45, 7) is 12.5. The lowest BCUT2D eigenvalue weighted by Gasteiger charge is -2.30. The van der Waals surface area contributed by atoms with Gasteiger partial charge in [0, 0.05) is 32.1 Å². The molecule has 7 nitrogen and oxygen atoms in total. The van der Waals surface area contributed by atoms with E-state index in [0.717, 1.165) is 74.1 Å². The average Bonchev–Trinajstić information content (AvgIpc) is 3.43. The lowest BCUT2D eigenvalue weighted by molar-refractivity contribution is -0.130. The SMILES string of the molecule is CCN(CC)C(=O)Cc1ccc(OCCC2C[C@@H]2C2CCN(c3nc(C(C)C)no3)CC2)cc1. The van der Waals surface area contributed by atoms with E-state index in [2.05, 4.69) is 28.9 Å². The third-order valence-electron chi connectivity index (χ3n) is 7.49. The molecule has 2 fully saturated rings. The molecule has 1 unspecified atom stereocenters. The Balaban J connectivity index is 1.14. The van der Waals surface area contributed by atoms with Crippen molar-refractivity contribution in [2.24, 2.45) is 17.8 Å². The van der Waals surface area contributed by atoms with Crippen molar-refractivity contribution in [3.8, 4) is 5.75 Å². The van der Waals surface area contributed by atoms with Gasteiger partial charge in [-0.1, -0.05) is 31.1 Å². The summed E-state index contributed by atoms with van der Waals surface area (Å²) >= 11 is 0. The molecule has 2 aliphatic rings. The van der Waals surface area contributed by atoms with Crippen molar-refractivity contribution in [2.45, 2.75) is 65.7 Å². The highest BCUT2D eigenvalue weighted by Crippen LogP contribution is 2.50. The Bertz CT molecular complexity index is 914. The van der Waals surface area contributed by atoms with Crippen LogP contribution in [-0.4, -0.2) is 53.7 Å². The molecule has 186 valence electrons. The first kappa shape index (κ1) is 24.6. The van der Waals surface area contributed by atoms with Crippen LogP contribution in [0.15, 0.2) is 28.8 Å². The maximum atomic E-state index is 12.3. The van der Waals surface area contributed by atoms with Gasteiger partial charge in [0.2, 0.25) is 5.91 Å². The number of hydrogen-bond acceptors (Lipinski definition) is 6. The Morgan fingerprint density at radius 2 is 1.88 bits per heavy atom. The molecule has 0 spiro atoms. The Morgan fingerprint density at radius 3 is 2.50 bits per heavy atom. The van der Waals surface area contributed by atoms with Crippen molar-refractivity contribution in [1.82, 2.24) is 15.0 Å². The number of nitrogens with zero attached hydrogens (tertiary/aromatic N) is 4. The Labute approximate surface area is 203 Å². The highest BCUT2D eigenvalue weighted by molar-refractivity contribution is 5.78. The third kappa shape index (κ3) is 6.10. The van der Waals surface area contributed by atoms with Gasteiger partial charge < -0.3 is 19.1 Å². The first-order chi connectivity index (χ1) is 16.5. The molecule has 2 heterocycles. The molecule has 1 aliphatic carbocycles. The summed E-state index contributed by atoms with van der Waals surface area (Å²) in [7, 11) is 0. The van der Waals surface area contributed by atoms with Crippen LogP contribution in [0.2, 0.25) is 0 Å². The summed E-state index contributed by atoms with van der Waals surface area (Å²) in [4.78, 5) is 20.9. The van der Waals surface area contributed by atoms with E-state index in [1.807, 2.05) is 43.0 Å². The molecule has 0 N–H and O–H groups in total. The van der Waals surface area contributed by atoms with Crippen molar-refractivity contribution >= 4 is 11.9 Å². The fraction of sp³-hybridized carbons (Fsp3) is 0.667. The zero-order chi connectivity index (χ0) is 24.1. The standard InChI is InChI=1S/C27H40N4O3/c1-5-30(6-2)25(32)17-20-7-9-23(10-8-20)33-16-13-22-18-24(22)21-11-14-31(15-12-21)27-28-26(19(3)4)29-34-27/h7-10,19,21-22,24H,5-6,11-18H2,1-4H3/t22?,24-/m1/s1. The van der Waals surface area contributed by atoms with Gasteiger partial charge in [0.05, 0.1) is 13.0 Å². The molecule has 34 heavy (non-hydrogen) atoms. The molecule has 1 aromatic heterocycles. The summed E-state index contributed by atoms with van der Waals surface area (Å²) in [6.07, 6.45) is 5.31. The van der Waals surface area contributed by atoms with E-state index in [0.29, 0.717) is 18.4 Å². The number of anilines is 1. The molecular formula is C27H40N4O3. The fourth-order valence-electron chi connectivity index (χ4n) is 5.18. The van der Waals surface area contributed by atoms with Gasteiger partial charge >= 0.3 is 6.01 Å². The summed E-state index contributed by atoms with van der Waals surface area (Å²) < 4.78 is 11.5. The minimum Gasteiger partial charge on any atom is -0.494 e. The summed E-state index contributed by atoms with van der Waals surface area (Å²) in [5, 5.41) is 4.10. The lowest BCUT2D eigenvalue weighted by atomic mass is 9.90. The molecule has 7 heteroatoms. The van der Waals surface area contributed by atoms with Crippen LogP contribution in [-0.2, 0) is 11.2 Å². The van der Waals surface area contributed by atoms with Gasteiger partial charge in [0.1, 0.15) is 5.75 Å². The van der Waals surface area contributed by atoms with Crippen molar-refractivity contribution in [3.05, 3.63) is 35.7 Å². The smallest absolute Gasteiger partial charge is 0.324 e. The average molecular weight is 469 g/mol. The number of piperidine rings is 1. The van der Waals surface area contributed by atoms with Gasteiger partial charge in [0.15, 0.2) is 5.82 Å². The number of likely N-dealkylation sites (N-methyl/N-ethyl adjacent to an activating group) is 1. The van der Waals surface area contributed by atoms with Crippen LogP contribution < -0.4 is 9.64 Å². The number of rotatable bonds is 11. The van der Waals surface area contributed by atoms with Crippen molar-refractivity contribution in [3.63, 3.8) is 0 Å².